The number of aromatic nitrogens is 1. The quantitative estimate of drug-likeness (QED) is 0.616. The van der Waals surface area contributed by atoms with Crippen LogP contribution >= 0.6 is 22.9 Å². The Bertz CT molecular complexity index is 1030. The predicted molar refractivity (Wildman–Crippen MR) is 109 cm³/mol. The fraction of sp³-hybridized carbons (Fsp3) is 0.211. The molecule has 1 heterocycles. The number of nitrogens with one attached hydrogen (secondary N) is 1. The molecule has 0 saturated carbocycles. The Morgan fingerprint density at radius 1 is 1.19 bits per heavy atom. The van der Waals surface area contributed by atoms with Gasteiger partial charge in [-0.1, -0.05) is 41.4 Å². The first-order valence-electron chi connectivity index (χ1n) is 8.24. The highest BCUT2D eigenvalue weighted by Crippen LogP contribution is 2.27. The van der Waals surface area contributed by atoms with Crippen molar-refractivity contribution in [1.82, 2.24) is 9.71 Å². The summed E-state index contributed by atoms with van der Waals surface area (Å²) in [6, 6.07) is 12.5. The Morgan fingerprint density at radius 2 is 1.93 bits per heavy atom. The molecule has 27 heavy (non-hydrogen) atoms. The van der Waals surface area contributed by atoms with Crippen molar-refractivity contribution in [3.05, 3.63) is 64.1 Å². The number of benzene rings is 2. The van der Waals surface area contributed by atoms with Gasteiger partial charge in [0.1, 0.15) is 10.8 Å². The number of rotatable bonds is 7. The minimum absolute atomic E-state index is 0.104. The molecular formula is C19H19ClN2O3S2. The SMILES string of the molecule is COc1ccc(S(=O)(=O)NCCc2csc(-c3ccc(C)cc3)n2)cc1Cl. The van der Waals surface area contributed by atoms with Gasteiger partial charge in [0.2, 0.25) is 10.0 Å². The molecule has 8 heteroatoms. The van der Waals surface area contributed by atoms with Crippen molar-refractivity contribution in [2.75, 3.05) is 13.7 Å². The van der Waals surface area contributed by atoms with Crippen molar-refractivity contribution in [3.8, 4) is 16.3 Å². The predicted octanol–water partition coefficient (Wildman–Crippen LogP) is 4.30. The third kappa shape index (κ3) is 4.87. The molecular weight excluding hydrogens is 404 g/mol. The number of nitrogens with zero attached hydrogens (tertiary/aromatic N) is 1. The van der Waals surface area contributed by atoms with Crippen LogP contribution in [0.5, 0.6) is 5.75 Å². The van der Waals surface area contributed by atoms with Gasteiger partial charge in [-0.25, -0.2) is 18.1 Å². The normalized spacial score (nSPS) is 11.5. The monoisotopic (exact) mass is 422 g/mol. The molecule has 1 N–H and O–H groups in total. The molecule has 0 bridgehead atoms. The van der Waals surface area contributed by atoms with Crippen LogP contribution in [0.15, 0.2) is 52.7 Å². The lowest BCUT2D eigenvalue weighted by Gasteiger charge is -2.08. The second-order valence-electron chi connectivity index (χ2n) is 5.95. The number of sulfonamides is 1. The van der Waals surface area contributed by atoms with Crippen LogP contribution in [0, 0.1) is 6.92 Å². The average Bonchev–Trinajstić information content (AvgIpc) is 3.11. The molecule has 0 spiro atoms. The van der Waals surface area contributed by atoms with E-state index in [-0.39, 0.29) is 16.5 Å². The van der Waals surface area contributed by atoms with Crippen molar-refractivity contribution in [2.24, 2.45) is 0 Å². The Hall–Kier alpha value is -1.93. The van der Waals surface area contributed by atoms with Crippen molar-refractivity contribution >= 4 is 33.0 Å². The molecule has 0 saturated heterocycles. The molecule has 2 aromatic carbocycles. The molecule has 3 rings (SSSR count). The van der Waals surface area contributed by atoms with Crippen LogP contribution in [0.3, 0.4) is 0 Å². The first-order valence-corrected chi connectivity index (χ1v) is 11.0. The third-order valence-corrected chi connectivity index (χ3v) is 6.65. The van der Waals surface area contributed by atoms with E-state index in [9.17, 15) is 8.42 Å². The molecule has 0 fully saturated rings. The van der Waals surface area contributed by atoms with Crippen LogP contribution in [0.2, 0.25) is 5.02 Å². The fourth-order valence-corrected chi connectivity index (χ4v) is 4.70. The highest BCUT2D eigenvalue weighted by Gasteiger charge is 2.16. The number of hydrogen-bond donors (Lipinski definition) is 1. The van der Waals surface area contributed by atoms with Crippen LogP contribution in [0.4, 0.5) is 0 Å². The first-order chi connectivity index (χ1) is 12.9. The molecule has 3 aromatic rings. The number of hydrogen-bond acceptors (Lipinski definition) is 5. The van der Waals surface area contributed by atoms with E-state index in [0.29, 0.717) is 12.2 Å². The van der Waals surface area contributed by atoms with Gasteiger partial charge in [0.05, 0.1) is 22.7 Å². The summed E-state index contributed by atoms with van der Waals surface area (Å²) < 4.78 is 32.4. The minimum Gasteiger partial charge on any atom is -0.495 e. The molecule has 0 amide bonds. The van der Waals surface area contributed by atoms with Crippen LogP contribution < -0.4 is 9.46 Å². The lowest BCUT2D eigenvalue weighted by Crippen LogP contribution is -2.26. The van der Waals surface area contributed by atoms with Gasteiger partial charge in [0.15, 0.2) is 0 Å². The molecule has 0 atom stereocenters. The van der Waals surface area contributed by atoms with E-state index in [4.69, 9.17) is 16.3 Å². The molecule has 0 aliphatic rings. The van der Waals surface area contributed by atoms with E-state index in [2.05, 4.69) is 9.71 Å². The topological polar surface area (TPSA) is 68.3 Å². The highest BCUT2D eigenvalue weighted by atomic mass is 35.5. The zero-order valence-electron chi connectivity index (χ0n) is 14.9. The van der Waals surface area contributed by atoms with E-state index in [0.717, 1.165) is 16.3 Å². The van der Waals surface area contributed by atoms with Gasteiger partial charge in [0.25, 0.3) is 0 Å². The van der Waals surface area contributed by atoms with Crippen molar-refractivity contribution in [1.29, 1.82) is 0 Å². The van der Waals surface area contributed by atoms with Gasteiger partial charge in [0, 0.05) is 23.9 Å². The number of thiazole rings is 1. The van der Waals surface area contributed by atoms with Gasteiger partial charge in [-0.3, -0.25) is 0 Å². The average molecular weight is 423 g/mol. The lowest BCUT2D eigenvalue weighted by molar-refractivity contribution is 0.414. The number of methoxy groups -OCH3 is 1. The Balaban J connectivity index is 1.62. The lowest BCUT2D eigenvalue weighted by atomic mass is 10.2. The summed E-state index contributed by atoms with van der Waals surface area (Å²) in [5.74, 6) is 0.432. The number of halogens is 1. The highest BCUT2D eigenvalue weighted by molar-refractivity contribution is 7.89. The van der Waals surface area contributed by atoms with Gasteiger partial charge >= 0.3 is 0 Å². The van der Waals surface area contributed by atoms with Crippen LogP contribution in [0.1, 0.15) is 11.3 Å². The molecule has 0 radical (unpaired) electrons. The smallest absolute Gasteiger partial charge is 0.240 e. The summed E-state index contributed by atoms with van der Waals surface area (Å²) in [4.78, 5) is 4.69. The molecule has 0 aliphatic heterocycles. The van der Waals surface area contributed by atoms with Crippen LogP contribution in [0.25, 0.3) is 10.6 Å². The molecule has 142 valence electrons. The van der Waals surface area contributed by atoms with E-state index in [1.54, 1.807) is 11.3 Å². The fourth-order valence-electron chi connectivity index (χ4n) is 2.46. The molecule has 5 nitrogen and oxygen atoms in total. The maximum Gasteiger partial charge on any atom is 0.240 e. The van der Waals surface area contributed by atoms with E-state index in [1.807, 2.05) is 36.6 Å². The van der Waals surface area contributed by atoms with E-state index >= 15 is 0 Å². The zero-order valence-corrected chi connectivity index (χ0v) is 17.3. The van der Waals surface area contributed by atoms with Gasteiger partial charge in [-0.05, 0) is 25.1 Å². The number of ether oxygens (including phenoxy) is 1. The summed E-state index contributed by atoms with van der Waals surface area (Å²) in [6.07, 6.45) is 0.505. The van der Waals surface area contributed by atoms with Crippen molar-refractivity contribution in [2.45, 2.75) is 18.2 Å². The maximum absolute atomic E-state index is 12.4. The Morgan fingerprint density at radius 3 is 2.59 bits per heavy atom. The molecule has 0 aliphatic carbocycles. The standard InChI is InChI=1S/C19H19ClN2O3S2/c1-13-3-5-14(6-4-13)19-22-15(12-26-19)9-10-21-27(23,24)16-7-8-18(25-2)17(20)11-16/h3-8,11-12,21H,9-10H2,1-2H3. The minimum atomic E-state index is -3.64. The summed E-state index contributed by atoms with van der Waals surface area (Å²) >= 11 is 7.56. The summed E-state index contributed by atoms with van der Waals surface area (Å²) in [7, 11) is -2.16. The van der Waals surface area contributed by atoms with Crippen LogP contribution in [-0.2, 0) is 16.4 Å². The third-order valence-electron chi connectivity index (χ3n) is 3.96. The number of aryl methyl sites for hydroxylation is 1. The summed E-state index contributed by atoms with van der Waals surface area (Å²) in [6.45, 7) is 2.29. The maximum atomic E-state index is 12.4. The van der Waals surface area contributed by atoms with Gasteiger partial charge in [-0.2, -0.15) is 0 Å². The van der Waals surface area contributed by atoms with Crippen LogP contribution in [-0.4, -0.2) is 27.1 Å². The Kier molecular flexibility index (Phi) is 6.16. The van der Waals surface area contributed by atoms with E-state index in [1.165, 1.54) is 30.9 Å². The van der Waals surface area contributed by atoms with Gasteiger partial charge in [-0.15, -0.1) is 11.3 Å². The second-order valence-corrected chi connectivity index (χ2v) is 8.99. The second kappa shape index (κ2) is 8.39. The summed E-state index contributed by atoms with van der Waals surface area (Å²) in [5.41, 5.74) is 3.11. The van der Waals surface area contributed by atoms with Crippen molar-refractivity contribution in [3.63, 3.8) is 0 Å². The zero-order chi connectivity index (χ0) is 19.4. The van der Waals surface area contributed by atoms with Crippen molar-refractivity contribution < 1.29 is 13.2 Å². The largest absolute Gasteiger partial charge is 0.495 e. The Labute approximate surface area is 168 Å². The summed E-state index contributed by atoms with van der Waals surface area (Å²) in [5, 5.41) is 3.13. The van der Waals surface area contributed by atoms with E-state index < -0.39 is 10.0 Å². The molecule has 0 unspecified atom stereocenters. The van der Waals surface area contributed by atoms with Gasteiger partial charge < -0.3 is 4.74 Å². The molecule has 1 aromatic heterocycles. The first kappa shape index (κ1) is 19.8.